The van der Waals surface area contributed by atoms with Crippen LogP contribution in [0.3, 0.4) is 0 Å². The van der Waals surface area contributed by atoms with Crippen molar-refractivity contribution >= 4 is 6.09 Å². The van der Waals surface area contributed by atoms with E-state index in [0.717, 1.165) is 39.0 Å². The first-order chi connectivity index (χ1) is 8.40. The fraction of sp³-hybridized carbons (Fsp3) is 0.923. The van der Waals surface area contributed by atoms with Gasteiger partial charge in [-0.1, -0.05) is 0 Å². The van der Waals surface area contributed by atoms with Crippen molar-refractivity contribution in [2.24, 2.45) is 11.7 Å². The number of carbonyl (C=O) groups is 1. The van der Waals surface area contributed by atoms with Gasteiger partial charge in [0.15, 0.2) is 0 Å². The van der Waals surface area contributed by atoms with E-state index in [1.165, 1.54) is 0 Å². The van der Waals surface area contributed by atoms with E-state index in [4.69, 9.17) is 10.5 Å². The Morgan fingerprint density at radius 1 is 1.39 bits per heavy atom. The van der Waals surface area contributed by atoms with Crippen LogP contribution in [0.1, 0.15) is 33.6 Å². The van der Waals surface area contributed by atoms with E-state index in [9.17, 15) is 4.79 Å². The van der Waals surface area contributed by atoms with Crippen molar-refractivity contribution in [2.75, 3.05) is 32.8 Å². The van der Waals surface area contributed by atoms with E-state index in [0.29, 0.717) is 12.5 Å². The van der Waals surface area contributed by atoms with Crippen LogP contribution < -0.4 is 11.1 Å². The van der Waals surface area contributed by atoms with Crippen molar-refractivity contribution < 1.29 is 9.53 Å². The second-order valence-electron chi connectivity index (χ2n) is 6.05. The lowest BCUT2D eigenvalue weighted by molar-refractivity contribution is 0.0927. The zero-order valence-electron chi connectivity index (χ0n) is 11.9. The fourth-order valence-corrected chi connectivity index (χ4v) is 2.10. The van der Waals surface area contributed by atoms with Crippen molar-refractivity contribution in [3.63, 3.8) is 0 Å². The summed E-state index contributed by atoms with van der Waals surface area (Å²) in [5, 5.41) is 2.80. The minimum Gasteiger partial charge on any atom is -0.449 e. The number of ether oxygens (including phenoxy) is 1. The summed E-state index contributed by atoms with van der Waals surface area (Å²) in [5.41, 5.74) is 5.30. The van der Waals surface area contributed by atoms with Gasteiger partial charge in [0.25, 0.3) is 0 Å². The van der Waals surface area contributed by atoms with E-state index in [1.807, 2.05) is 20.8 Å². The van der Waals surface area contributed by atoms with Gasteiger partial charge in [0, 0.05) is 18.6 Å². The lowest BCUT2D eigenvalue weighted by Gasteiger charge is -2.31. The van der Waals surface area contributed by atoms with Crippen LogP contribution in [0.5, 0.6) is 0 Å². The van der Waals surface area contributed by atoms with Crippen molar-refractivity contribution in [1.82, 2.24) is 10.2 Å². The lowest BCUT2D eigenvalue weighted by atomic mass is 9.98. The van der Waals surface area contributed by atoms with Crippen LogP contribution in [0.4, 0.5) is 4.79 Å². The molecule has 1 saturated heterocycles. The highest BCUT2D eigenvalue weighted by molar-refractivity contribution is 5.68. The molecule has 18 heavy (non-hydrogen) atoms. The smallest absolute Gasteiger partial charge is 0.407 e. The largest absolute Gasteiger partial charge is 0.449 e. The molecule has 5 nitrogen and oxygen atoms in total. The zero-order chi connectivity index (χ0) is 13.6. The van der Waals surface area contributed by atoms with Gasteiger partial charge < -0.3 is 20.7 Å². The Morgan fingerprint density at radius 2 is 2.00 bits per heavy atom. The lowest BCUT2D eigenvalue weighted by Crippen LogP contribution is -2.42. The maximum atomic E-state index is 11.5. The number of nitrogens with zero attached hydrogens (tertiary/aromatic N) is 1. The van der Waals surface area contributed by atoms with Crippen molar-refractivity contribution in [3.05, 3.63) is 0 Å². The SMILES string of the molecule is CC(C)(C)NC(=O)OCC1CCN(CCN)CC1. The molecule has 1 aliphatic heterocycles. The van der Waals surface area contributed by atoms with Crippen molar-refractivity contribution in [3.8, 4) is 0 Å². The third-order valence-electron chi connectivity index (χ3n) is 3.08. The summed E-state index contributed by atoms with van der Waals surface area (Å²) in [7, 11) is 0. The van der Waals surface area contributed by atoms with Crippen LogP contribution in [0.15, 0.2) is 0 Å². The third kappa shape index (κ3) is 6.21. The molecule has 0 aromatic carbocycles. The molecule has 1 fully saturated rings. The number of alkyl carbamates (subject to hydrolysis) is 1. The number of hydrogen-bond donors (Lipinski definition) is 2. The van der Waals surface area contributed by atoms with Gasteiger partial charge in [-0.2, -0.15) is 0 Å². The van der Waals surface area contributed by atoms with Crippen molar-refractivity contribution in [2.45, 2.75) is 39.2 Å². The topological polar surface area (TPSA) is 67.6 Å². The summed E-state index contributed by atoms with van der Waals surface area (Å²) in [6.45, 7) is 10.2. The normalized spacial score (nSPS) is 18.7. The van der Waals surface area contributed by atoms with E-state index in [1.54, 1.807) is 0 Å². The van der Waals surface area contributed by atoms with Crippen molar-refractivity contribution in [1.29, 1.82) is 0 Å². The number of rotatable bonds is 4. The number of nitrogens with one attached hydrogen (secondary N) is 1. The van der Waals surface area contributed by atoms with Crippen LogP contribution in [-0.4, -0.2) is 49.3 Å². The number of amides is 1. The maximum Gasteiger partial charge on any atom is 0.407 e. The number of likely N-dealkylation sites (tertiary alicyclic amines) is 1. The molecule has 0 atom stereocenters. The van der Waals surface area contributed by atoms with Gasteiger partial charge in [-0.05, 0) is 52.6 Å². The Balaban J connectivity index is 2.16. The van der Waals surface area contributed by atoms with Gasteiger partial charge in [0.2, 0.25) is 0 Å². The van der Waals surface area contributed by atoms with E-state index in [-0.39, 0.29) is 11.6 Å². The van der Waals surface area contributed by atoms with Gasteiger partial charge in [0.1, 0.15) is 0 Å². The van der Waals surface area contributed by atoms with Crippen LogP contribution in [0.25, 0.3) is 0 Å². The Morgan fingerprint density at radius 3 is 2.50 bits per heavy atom. The molecule has 106 valence electrons. The number of piperidine rings is 1. The maximum absolute atomic E-state index is 11.5. The molecule has 0 aromatic heterocycles. The second kappa shape index (κ2) is 6.95. The summed E-state index contributed by atoms with van der Waals surface area (Å²) >= 11 is 0. The Kier molecular flexibility index (Phi) is 5.88. The van der Waals surface area contributed by atoms with Gasteiger partial charge in [0.05, 0.1) is 6.61 Å². The first kappa shape index (κ1) is 15.2. The summed E-state index contributed by atoms with van der Waals surface area (Å²) in [5.74, 6) is 0.491. The highest BCUT2D eigenvalue weighted by atomic mass is 16.5. The zero-order valence-corrected chi connectivity index (χ0v) is 11.9. The van der Waals surface area contributed by atoms with Crippen LogP contribution in [-0.2, 0) is 4.74 Å². The van der Waals surface area contributed by atoms with Gasteiger partial charge >= 0.3 is 6.09 Å². The minimum absolute atomic E-state index is 0.235. The molecule has 1 aliphatic rings. The molecule has 0 saturated carbocycles. The summed E-state index contributed by atoms with van der Waals surface area (Å²) in [6, 6.07) is 0. The standard InChI is InChI=1S/C13H27N3O2/c1-13(2,3)15-12(17)18-10-11-4-7-16(8-5-11)9-6-14/h11H,4-10,14H2,1-3H3,(H,15,17). The fourth-order valence-electron chi connectivity index (χ4n) is 2.10. The van der Waals surface area contributed by atoms with Gasteiger partial charge in [-0.15, -0.1) is 0 Å². The number of nitrogens with two attached hydrogens (primary N) is 1. The molecule has 1 heterocycles. The predicted molar refractivity (Wildman–Crippen MR) is 72.5 cm³/mol. The first-order valence-corrected chi connectivity index (χ1v) is 6.78. The Labute approximate surface area is 110 Å². The Hall–Kier alpha value is -0.810. The third-order valence-corrected chi connectivity index (χ3v) is 3.08. The number of carbonyl (C=O) groups excluding carboxylic acids is 1. The molecule has 0 spiro atoms. The second-order valence-corrected chi connectivity index (χ2v) is 6.05. The van der Waals surface area contributed by atoms with E-state index >= 15 is 0 Å². The molecule has 1 amide bonds. The highest BCUT2D eigenvalue weighted by Crippen LogP contribution is 2.17. The van der Waals surface area contributed by atoms with Crippen LogP contribution in [0, 0.1) is 5.92 Å². The predicted octanol–water partition coefficient (Wildman–Crippen LogP) is 1.18. The van der Waals surface area contributed by atoms with E-state index in [2.05, 4.69) is 10.2 Å². The summed E-state index contributed by atoms with van der Waals surface area (Å²) in [6.07, 6.45) is 1.86. The molecule has 0 radical (unpaired) electrons. The number of hydrogen-bond acceptors (Lipinski definition) is 4. The average Bonchev–Trinajstić information content (AvgIpc) is 2.26. The first-order valence-electron chi connectivity index (χ1n) is 6.78. The molecule has 0 bridgehead atoms. The molecular formula is C13H27N3O2. The molecule has 0 aliphatic carbocycles. The molecule has 1 rings (SSSR count). The quantitative estimate of drug-likeness (QED) is 0.793. The van der Waals surface area contributed by atoms with Crippen LogP contribution >= 0.6 is 0 Å². The molecule has 5 heteroatoms. The molecule has 0 aromatic rings. The highest BCUT2D eigenvalue weighted by Gasteiger charge is 2.21. The van der Waals surface area contributed by atoms with Gasteiger partial charge in [-0.3, -0.25) is 0 Å². The average molecular weight is 257 g/mol. The minimum atomic E-state index is -0.313. The summed E-state index contributed by atoms with van der Waals surface area (Å²) in [4.78, 5) is 13.9. The van der Waals surface area contributed by atoms with Crippen LogP contribution in [0.2, 0.25) is 0 Å². The van der Waals surface area contributed by atoms with E-state index < -0.39 is 0 Å². The Bertz CT molecular complexity index is 255. The molecule has 3 N–H and O–H groups in total. The molecule has 0 unspecified atom stereocenters. The monoisotopic (exact) mass is 257 g/mol. The summed E-state index contributed by atoms with van der Waals surface area (Å²) < 4.78 is 5.26. The van der Waals surface area contributed by atoms with Gasteiger partial charge in [-0.25, -0.2) is 4.79 Å². The molecular weight excluding hydrogens is 230 g/mol.